The molecule has 146 valence electrons. The number of hydrogen-bond acceptors (Lipinski definition) is 7. The summed E-state index contributed by atoms with van der Waals surface area (Å²) >= 11 is 2.94. The van der Waals surface area contributed by atoms with E-state index in [1.54, 1.807) is 30.1 Å². The van der Waals surface area contributed by atoms with E-state index in [2.05, 4.69) is 20.5 Å². The fraction of sp³-hybridized carbons (Fsp3) is 0.143. The van der Waals surface area contributed by atoms with Crippen LogP contribution in [-0.2, 0) is 0 Å². The fourth-order valence-corrected chi connectivity index (χ4v) is 4.37. The van der Waals surface area contributed by atoms with Crippen molar-refractivity contribution in [3.05, 3.63) is 65.9 Å². The minimum absolute atomic E-state index is 0.278. The molecule has 4 aromatic rings. The van der Waals surface area contributed by atoms with Crippen molar-refractivity contribution in [2.45, 2.75) is 18.2 Å². The maximum absolute atomic E-state index is 12.8. The highest BCUT2D eigenvalue weighted by molar-refractivity contribution is 8.01. The molecule has 4 rings (SSSR count). The van der Waals surface area contributed by atoms with E-state index in [4.69, 9.17) is 4.42 Å². The van der Waals surface area contributed by atoms with Gasteiger partial charge in [0.25, 0.3) is 5.91 Å². The number of oxazole rings is 1. The molecule has 0 unspecified atom stereocenters. The molecule has 0 atom stereocenters. The molecule has 6 nitrogen and oxygen atoms in total. The molecule has 0 radical (unpaired) electrons. The van der Waals surface area contributed by atoms with E-state index in [1.165, 1.54) is 16.9 Å². The molecule has 0 aliphatic carbocycles. The van der Waals surface area contributed by atoms with Crippen molar-refractivity contribution < 1.29 is 9.21 Å². The number of rotatable bonds is 6. The summed E-state index contributed by atoms with van der Waals surface area (Å²) in [6, 6.07) is 15.2. The highest BCUT2D eigenvalue weighted by Gasteiger charge is 2.18. The molecular weight excluding hydrogens is 404 g/mol. The molecule has 1 N–H and O–H groups in total. The summed E-state index contributed by atoms with van der Waals surface area (Å²) in [7, 11) is 0. The Balaban J connectivity index is 1.59. The number of amides is 1. The van der Waals surface area contributed by atoms with Gasteiger partial charge in [-0.05, 0) is 24.8 Å². The van der Waals surface area contributed by atoms with Gasteiger partial charge in [-0.1, -0.05) is 72.0 Å². The zero-order valence-electron chi connectivity index (χ0n) is 15.9. The third-order valence-corrected chi connectivity index (χ3v) is 5.99. The highest BCUT2D eigenvalue weighted by atomic mass is 32.2. The van der Waals surface area contributed by atoms with Gasteiger partial charge in [0, 0.05) is 11.1 Å². The van der Waals surface area contributed by atoms with E-state index >= 15 is 0 Å². The Morgan fingerprint density at radius 2 is 1.93 bits per heavy atom. The standard InChI is InChI=1S/C21H18N4O2S2/c1-3-28-21-25-24-20(29-21)23-18(26)15-6-4-5-7-16(15)19-22-12-17(27-19)14-10-8-13(2)9-11-14/h4-12H,3H2,1-2H3,(H,23,24,26). The molecule has 0 spiro atoms. The van der Waals surface area contributed by atoms with Crippen LogP contribution in [0.5, 0.6) is 0 Å². The third-order valence-electron chi connectivity index (χ3n) is 4.14. The second-order valence-corrected chi connectivity index (χ2v) is 8.69. The SMILES string of the molecule is CCSc1nnc(NC(=O)c2ccccc2-c2ncc(-c3ccc(C)cc3)o2)s1. The zero-order valence-corrected chi connectivity index (χ0v) is 17.5. The van der Waals surface area contributed by atoms with Crippen LogP contribution in [0.1, 0.15) is 22.8 Å². The number of carbonyl (C=O) groups is 1. The van der Waals surface area contributed by atoms with Gasteiger partial charge in [-0.2, -0.15) is 0 Å². The fourth-order valence-electron chi connectivity index (χ4n) is 2.72. The second-order valence-electron chi connectivity index (χ2n) is 6.20. The van der Waals surface area contributed by atoms with Gasteiger partial charge in [0.15, 0.2) is 10.1 Å². The molecule has 0 saturated carbocycles. The first-order chi connectivity index (χ1) is 14.1. The minimum Gasteiger partial charge on any atom is -0.436 e. The number of nitrogens with zero attached hydrogens (tertiary/aromatic N) is 3. The largest absolute Gasteiger partial charge is 0.436 e. The number of anilines is 1. The summed E-state index contributed by atoms with van der Waals surface area (Å²) in [6.45, 7) is 4.08. The number of benzene rings is 2. The molecule has 0 aliphatic rings. The topological polar surface area (TPSA) is 80.9 Å². The molecule has 1 amide bonds. The number of aromatic nitrogens is 3. The summed E-state index contributed by atoms with van der Waals surface area (Å²) < 4.78 is 6.78. The van der Waals surface area contributed by atoms with E-state index < -0.39 is 0 Å². The van der Waals surface area contributed by atoms with Crippen LogP contribution in [0.2, 0.25) is 0 Å². The summed E-state index contributed by atoms with van der Waals surface area (Å²) in [5.41, 5.74) is 3.19. The molecule has 0 aliphatic heterocycles. The Morgan fingerprint density at radius 3 is 2.72 bits per heavy atom. The lowest BCUT2D eigenvalue weighted by molar-refractivity contribution is 0.102. The predicted octanol–water partition coefficient (Wildman–Crippen LogP) is 5.53. The van der Waals surface area contributed by atoms with Crippen molar-refractivity contribution in [3.8, 4) is 22.8 Å². The quantitative estimate of drug-likeness (QED) is 0.325. The van der Waals surface area contributed by atoms with Crippen molar-refractivity contribution in [1.29, 1.82) is 0 Å². The molecule has 2 aromatic carbocycles. The third kappa shape index (κ3) is 4.38. The summed E-state index contributed by atoms with van der Waals surface area (Å²) in [5.74, 6) is 1.67. The monoisotopic (exact) mass is 422 g/mol. The molecule has 2 heterocycles. The van der Waals surface area contributed by atoms with Crippen LogP contribution in [0.3, 0.4) is 0 Å². The maximum Gasteiger partial charge on any atom is 0.258 e. The van der Waals surface area contributed by atoms with Crippen LogP contribution in [0.4, 0.5) is 5.13 Å². The summed E-state index contributed by atoms with van der Waals surface area (Å²) in [4.78, 5) is 17.2. The van der Waals surface area contributed by atoms with E-state index in [0.717, 1.165) is 15.7 Å². The second kappa shape index (κ2) is 8.59. The first kappa shape index (κ1) is 19.4. The first-order valence-electron chi connectivity index (χ1n) is 9.04. The van der Waals surface area contributed by atoms with Crippen LogP contribution in [-0.4, -0.2) is 26.8 Å². The van der Waals surface area contributed by atoms with Gasteiger partial charge in [0.05, 0.1) is 11.8 Å². The van der Waals surface area contributed by atoms with Crippen LogP contribution >= 0.6 is 23.1 Å². The lowest BCUT2D eigenvalue weighted by Crippen LogP contribution is -2.13. The number of nitrogens with one attached hydrogen (secondary N) is 1. The van der Waals surface area contributed by atoms with Crippen molar-refractivity contribution in [2.24, 2.45) is 0 Å². The van der Waals surface area contributed by atoms with Gasteiger partial charge in [0.1, 0.15) is 0 Å². The van der Waals surface area contributed by atoms with Gasteiger partial charge in [-0.15, -0.1) is 10.2 Å². The molecule has 8 heteroatoms. The Kier molecular flexibility index (Phi) is 5.73. The molecule has 29 heavy (non-hydrogen) atoms. The summed E-state index contributed by atoms with van der Waals surface area (Å²) in [5, 5.41) is 11.4. The van der Waals surface area contributed by atoms with Gasteiger partial charge in [-0.3, -0.25) is 10.1 Å². The van der Waals surface area contributed by atoms with Gasteiger partial charge in [0.2, 0.25) is 11.0 Å². The number of thioether (sulfide) groups is 1. The van der Waals surface area contributed by atoms with Crippen molar-refractivity contribution >= 4 is 34.1 Å². The molecule has 0 fully saturated rings. The Morgan fingerprint density at radius 1 is 1.14 bits per heavy atom. The van der Waals surface area contributed by atoms with Crippen molar-refractivity contribution in [3.63, 3.8) is 0 Å². The lowest BCUT2D eigenvalue weighted by Gasteiger charge is -2.06. The van der Waals surface area contributed by atoms with Gasteiger partial charge < -0.3 is 4.42 Å². The van der Waals surface area contributed by atoms with Gasteiger partial charge in [-0.25, -0.2) is 4.98 Å². The van der Waals surface area contributed by atoms with E-state index in [9.17, 15) is 4.79 Å². The number of aryl methyl sites for hydroxylation is 1. The van der Waals surface area contributed by atoms with Gasteiger partial charge >= 0.3 is 0 Å². The summed E-state index contributed by atoms with van der Waals surface area (Å²) in [6.07, 6.45) is 1.67. The number of hydrogen-bond donors (Lipinski definition) is 1. The lowest BCUT2D eigenvalue weighted by atomic mass is 10.1. The average Bonchev–Trinajstić information content (AvgIpc) is 3.39. The number of carbonyl (C=O) groups excluding carboxylic acids is 1. The van der Waals surface area contributed by atoms with Crippen LogP contribution < -0.4 is 5.32 Å². The normalized spacial score (nSPS) is 10.8. The predicted molar refractivity (Wildman–Crippen MR) is 116 cm³/mol. The Hall–Kier alpha value is -2.97. The maximum atomic E-state index is 12.8. The van der Waals surface area contributed by atoms with Crippen LogP contribution in [0.25, 0.3) is 22.8 Å². The van der Waals surface area contributed by atoms with Crippen LogP contribution in [0, 0.1) is 6.92 Å². The smallest absolute Gasteiger partial charge is 0.258 e. The first-order valence-corrected chi connectivity index (χ1v) is 10.8. The highest BCUT2D eigenvalue weighted by Crippen LogP contribution is 2.30. The molecule has 0 bridgehead atoms. The van der Waals surface area contributed by atoms with E-state index in [-0.39, 0.29) is 5.91 Å². The van der Waals surface area contributed by atoms with E-state index in [1.807, 2.05) is 50.2 Å². The average molecular weight is 423 g/mol. The zero-order chi connectivity index (χ0) is 20.2. The molecule has 0 saturated heterocycles. The Bertz CT molecular complexity index is 1140. The minimum atomic E-state index is -0.278. The molecular formula is C21H18N4O2S2. The Labute approximate surface area is 176 Å². The van der Waals surface area contributed by atoms with Crippen molar-refractivity contribution in [2.75, 3.05) is 11.1 Å². The van der Waals surface area contributed by atoms with E-state index in [0.29, 0.717) is 27.9 Å². The molecule has 2 aromatic heterocycles. The van der Waals surface area contributed by atoms with Crippen molar-refractivity contribution in [1.82, 2.24) is 15.2 Å². The van der Waals surface area contributed by atoms with Crippen LogP contribution in [0.15, 0.2) is 63.5 Å².